The Labute approximate surface area is 188 Å². The number of hydrogen-bond donors (Lipinski definition) is 1. The molecule has 12 heteroatoms. The van der Waals surface area contributed by atoms with E-state index in [1.807, 2.05) is 0 Å². The summed E-state index contributed by atoms with van der Waals surface area (Å²) in [5, 5.41) is 14.3. The molecule has 0 spiro atoms. The lowest BCUT2D eigenvalue weighted by Gasteiger charge is -2.08. The van der Waals surface area contributed by atoms with Crippen molar-refractivity contribution in [3.8, 4) is 5.75 Å². The number of carbonyl (C=O) groups is 2. The van der Waals surface area contributed by atoms with Gasteiger partial charge in [-0.15, -0.1) is 0 Å². The Kier molecular flexibility index (Phi) is 6.00. The topological polar surface area (TPSA) is 151 Å². The van der Waals surface area contributed by atoms with Crippen molar-refractivity contribution in [2.45, 2.75) is 6.92 Å². The SMILES string of the molecule is Cc1cc(=O)oc2cc(OCC(=O)OCC(=O)Nc3nc4ccc([N+](=O)[O-])cc4s3)ccc12. The van der Waals surface area contributed by atoms with E-state index < -0.39 is 35.6 Å². The Morgan fingerprint density at radius 2 is 2.00 bits per heavy atom. The average Bonchev–Trinajstić information content (AvgIpc) is 3.17. The summed E-state index contributed by atoms with van der Waals surface area (Å²) in [4.78, 5) is 49.9. The molecular weight excluding hydrogens is 454 g/mol. The Morgan fingerprint density at radius 3 is 2.79 bits per heavy atom. The molecule has 0 fully saturated rings. The second kappa shape index (κ2) is 9.04. The first kappa shape index (κ1) is 21.9. The number of benzene rings is 2. The van der Waals surface area contributed by atoms with Crippen molar-refractivity contribution in [1.82, 2.24) is 4.98 Å². The number of esters is 1. The highest BCUT2D eigenvalue weighted by atomic mass is 32.1. The van der Waals surface area contributed by atoms with Gasteiger partial charge < -0.3 is 13.9 Å². The number of nitrogens with one attached hydrogen (secondary N) is 1. The van der Waals surface area contributed by atoms with Crippen molar-refractivity contribution in [1.29, 1.82) is 0 Å². The fraction of sp³-hybridized carbons (Fsp3) is 0.143. The maximum Gasteiger partial charge on any atom is 0.344 e. The van der Waals surface area contributed by atoms with Crippen molar-refractivity contribution in [2.24, 2.45) is 0 Å². The van der Waals surface area contributed by atoms with E-state index >= 15 is 0 Å². The summed E-state index contributed by atoms with van der Waals surface area (Å²) in [6.45, 7) is 0.754. The molecule has 4 rings (SSSR count). The van der Waals surface area contributed by atoms with E-state index in [1.54, 1.807) is 19.1 Å². The number of hydrogen-bond acceptors (Lipinski definition) is 10. The van der Waals surface area contributed by atoms with Crippen LogP contribution >= 0.6 is 11.3 Å². The number of nitro groups is 1. The van der Waals surface area contributed by atoms with Crippen molar-refractivity contribution in [3.05, 3.63) is 68.6 Å². The molecule has 2 heterocycles. The largest absolute Gasteiger partial charge is 0.482 e. The molecule has 2 aromatic carbocycles. The molecule has 0 saturated carbocycles. The number of carbonyl (C=O) groups excluding carboxylic acids is 2. The predicted octanol–water partition coefficient (Wildman–Crippen LogP) is 3.18. The zero-order chi connectivity index (χ0) is 23.5. The number of nitro benzene ring substituents is 1. The lowest BCUT2D eigenvalue weighted by molar-refractivity contribution is -0.384. The van der Waals surface area contributed by atoms with Gasteiger partial charge in [-0.25, -0.2) is 14.6 Å². The van der Waals surface area contributed by atoms with Gasteiger partial charge in [0.25, 0.3) is 11.6 Å². The van der Waals surface area contributed by atoms with Gasteiger partial charge in [0.15, 0.2) is 18.3 Å². The van der Waals surface area contributed by atoms with Crippen molar-refractivity contribution in [2.75, 3.05) is 18.5 Å². The third-order valence-corrected chi connectivity index (χ3v) is 5.41. The number of ether oxygens (including phenoxy) is 2. The summed E-state index contributed by atoms with van der Waals surface area (Å²) in [5.74, 6) is -1.11. The molecule has 168 valence electrons. The molecule has 0 aliphatic rings. The molecular formula is C21H15N3O8S. The Morgan fingerprint density at radius 1 is 1.18 bits per heavy atom. The molecule has 2 aromatic heterocycles. The molecule has 1 amide bonds. The van der Waals surface area contributed by atoms with Crippen LogP contribution in [0.1, 0.15) is 5.56 Å². The number of anilines is 1. The fourth-order valence-electron chi connectivity index (χ4n) is 2.96. The number of non-ortho nitro benzene ring substituents is 1. The van der Waals surface area contributed by atoms with Crippen LogP contribution < -0.4 is 15.7 Å². The summed E-state index contributed by atoms with van der Waals surface area (Å²) in [7, 11) is 0. The van der Waals surface area contributed by atoms with Gasteiger partial charge in [-0.1, -0.05) is 11.3 Å². The summed E-state index contributed by atoms with van der Waals surface area (Å²) in [6.07, 6.45) is 0. The predicted molar refractivity (Wildman–Crippen MR) is 119 cm³/mol. The van der Waals surface area contributed by atoms with Gasteiger partial charge in [0.05, 0.1) is 15.1 Å². The summed E-state index contributed by atoms with van der Waals surface area (Å²) < 4.78 is 15.9. The molecule has 1 N–H and O–H groups in total. The minimum Gasteiger partial charge on any atom is -0.482 e. The molecule has 0 radical (unpaired) electrons. The van der Waals surface area contributed by atoms with Crippen molar-refractivity contribution >= 4 is 55.2 Å². The fourth-order valence-corrected chi connectivity index (χ4v) is 3.88. The highest BCUT2D eigenvalue weighted by Gasteiger charge is 2.14. The minimum atomic E-state index is -0.782. The van der Waals surface area contributed by atoms with Crippen molar-refractivity contribution in [3.63, 3.8) is 0 Å². The summed E-state index contributed by atoms with van der Waals surface area (Å²) >= 11 is 1.06. The van der Waals surface area contributed by atoms with Crippen LogP contribution in [0.15, 0.2) is 51.7 Å². The van der Waals surface area contributed by atoms with Gasteiger partial charge >= 0.3 is 11.6 Å². The molecule has 11 nitrogen and oxygen atoms in total. The number of nitrogens with zero attached hydrogens (tertiary/aromatic N) is 2. The molecule has 0 atom stereocenters. The lowest BCUT2D eigenvalue weighted by Crippen LogP contribution is -2.23. The van der Waals surface area contributed by atoms with Gasteiger partial charge in [-0.3, -0.25) is 20.2 Å². The van der Waals surface area contributed by atoms with Crippen LogP contribution in [-0.4, -0.2) is 35.0 Å². The molecule has 4 aromatic rings. The second-order valence-corrected chi connectivity index (χ2v) is 7.86. The zero-order valence-corrected chi connectivity index (χ0v) is 17.8. The van der Waals surface area contributed by atoms with E-state index in [4.69, 9.17) is 13.9 Å². The molecule has 0 saturated heterocycles. The molecule has 33 heavy (non-hydrogen) atoms. The number of fused-ring (bicyclic) bond motifs is 2. The van der Waals surface area contributed by atoms with Crippen LogP contribution in [0.3, 0.4) is 0 Å². The van der Waals surface area contributed by atoms with E-state index in [0.29, 0.717) is 21.5 Å². The van der Waals surface area contributed by atoms with Gasteiger partial charge in [-0.2, -0.15) is 0 Å². The van der Waals surface area contributed by atoms with E-state index in [0.717, 1.165) is 22.3 Å². The van der Waals surface area contributed by atoms with Crippen LogP contribution in [0.4, 0.5) is 10.8 Å². The number of aryl methyl sites for hydroxylation is 1. The Bertz CT molecular complexity index is 1460. The van der Waals surface area contributed by atoms with Crippen LogP contribution in [0, 0.1) is 17.0 Å². The maximum absolute atomic E-state index is 12.0. The summed E-state index contributed by atoms with van der Waals surface area (Å²) in [6, 6.07) is 10.3. The minimum absolute atomic E-state index is 0.0818. The van der Waals surface area contributed by atoms with Crippen LogP contribution in [0.5, 0.6) is 5.75 Å². The average molecular weight is 469 g/mol. The van der Waals surface area contributed by atoms with Gasteiger partial charge in [0, 0.05) is 29.7 Å². The second-order valence-electron chi connectivity index (χ2n) is 6.83. The Balaban J connectivity index is 1.29. The van der Waals surface area contributed by atoms with Gasteiger partial charge in [-0.05, 0) is 30.7 Å². The first-order valence-electron chi connectivity index (χ1n) is 9.46. The monoisotopic (exact) mass is 469 g/mol. The maximum atomic E-state index is 12.0. The first-order chi connectivity index (χ1) is 15.8. The number of rotatable bonds is 7. The molecule has 0 aliphatic carbocycles. The van der Waals surface area contributed by atoms with Crippen molar-refractivity contribution < 1.29 is 28.4 Å². The third kappa shape index (κ3) is 5.13. The summed E-state index contributed by atoms with van der Waals surface area (Å²) in [5.41, 5.74) is 0.999. The highest BCUT2D eigenvalue weighted by molar-refractivity contribution is 7.22. The van der Waals surface area contributed by atoms with E-state index in [1.165, 1.54) is 30.3 Å². The Hall–Kier alpha value is -4.32. The van der Waals surface area contributed by atoms with Gasteiger partial charge in [0.1, 0.15) is 11.3 Å². The van der Waals surface area contributed by atoms with Crippen LogP contribution in [-0.2, 0) is 14.3 Å². The lowest BCUT2D eigenvalue weighted by atomic mass is 10.1. The van der Waals surface area contributed by atoms with E-state index in [-0.39, 0.29) is 10.8 Å². The van der Waals surface area contributed by atoms with Crippen LogP contribution in [0.25, 0.3) is 21.2 Å². The normalized spacial score (nSPS) is 10.8. The first-order valence-corrected chi connectivity index (χ1v) is 10.3. The van der Waals surface area contributed by atoms with Gasteiger partial charge in [0.2, 0.25) is 0 Å². The van der Waals surface area contributed by atoms with Crippen LogP contribution in [0.2, 0.25) is 0 Å². The zero-order valence-electron chi connectivity index (χ0n) is 17.0. The quantitative estimate of drug-likeness (QED) is 0.186. The number of thiazole rings is 1. The van der Waals surface area contributed by atoms with E-state index in [9.17, 15) is 24.5 Å². The highest BCUT2D eigenvalue weighted by Crippen LogP contribution is 2.29. The molecule has 0 bridgehead atoms. The number of aromatic nitrogens is 1. The molecule has 0 unspecified atom stereocenters. The third-order valence-electron chi connectivity index (χ3n) is 4.47. The number of amides is 1. The van der Waals surface area contributed by atoms with E-state index in [2.05, 4.69) is 10.3 Å². The smallest absolute Gasteiger partial charge is 0.344 e. The molecule has 0 aliphatic heterocycles. The standard InChI is InChI=1S/C21H15N3O8S/c1-11-6-19(26)32-16-8-13(3-4-14(11)16)30-10-20(27)31-9-18(25)23-21-22-15-5-2-12(24(28)29)7-17(15)33-21/h2-8H,9-10H2,1H3,(H,22,23,25).